The minimum Gasteiger partial charge on any atom is -0.439 e. The van der Waals surface area contributed by atoms with Gasteiger partial charge in [0.1, 0.15) is 0 Å². The number of oxazole rings is 1. The molecule has 92 valence electrons. The molecule has 4 nitrogen and oxygen atoms in total. The molecular formula is C13H19N3O. The molecular weight excluding hydrogens is 214 g/mol. The second kappa shape index (κ2) is 4.45. The van der Waals surface area contributed by atoms with Crippen molar-refractivity contribution in [1.29, 1.82) is 0 Å². The minimum absolute atomic E-state index is 0.157. The van der Waals surface area contributed by atoms with Crippen LogP contribution < -0.4 is 5.73 Å². The summed E-state index contributed by atoms with van der Waals surface area (Å²) in [5, 5.41) is 0. The van der Waals surface area contributed by atoms with Gasteiger partial charge < -0.3 is 10.2 Å². The summed E-state index contributed by atoms with van der Waals surface area (Å²) in [5.41, 5.74) is 7.41. The summed E-state index contributed by atoms with van der Waals surface area (Å²) in [6, 6.07) is 3.72. The van der Waals surface area contributed by atoms with Crippen molar-refractivity contribution in [2.24, 2.45) is 11.1 Å². The zero-order chi connectivity index (χ0) is 12.5. The highest BCUT2D eigenvalue weighted by atomic mass is 16.3. The highest BCUT2D eigenvalue weighted by Crippen LogP contribution is 2.31. The molecule has 0 saturated carbocycles. The van der Waals surface area contributed by atoms with Crippen molar-refractivity contribution < 1.29 is 4.42 Å². The van der Waals surface area contributed by atoms with Crippen molar-refractivity contribution >= 4 is 11.2 Å². The third kappa shape index (κ3) is 2.82. The molecule has 4 heteroatoms. The van der Waals surface area contributed by atoms with Crippen LogP contribution in [0.25, 0.3) is 11.2 Å². The van der Waals surface area contributed by atoms with Crippen LogP contribution in [0.5, 0.6) is 0 Å². The summed E-state index contributed by atoms with van der Waals surface area (Å²) in [6.07, 6.45) is 2.67. The normalized spacial score (nSPS) is 14.1. The Morgan fingerprint density at radius 2 is 2.18 bits per heavy atom. The van der Waals surface area contributed by atoms with E-state index in [0.717, 1.165) is 12.0 Å². The lowest BCUT2D eigenvalue weighted by atomic mass is 9.84. The molecule has 0 fully saturated rings. The molecule has 2 N–H and O–H groups in total. The van der Waals surface area contributed by atoms with Crippen LogP contribution in [0.3, 0.4) is 0 Å². The van der Waals surface area contributed by atoms with Crippen molar-refractivity contribution in [1.82, 2.24) is 9.97 Å². The summed E-state index contributed by atoms with van der Waals surface area (Å²) in [4.78, 5) is 8.58. The molecule has 0 aliphatic heterocycles. The Kier molecular flexibility index (Phi) is 3.15. The molecule has 0 amide bonds. The first kappa shape index (κ1) is 12.0. The van der Waals surface area contributed by atoms with Gasteiger partial charge in [-0.2, -0.15) is 4.98 Å². The molecule has 0 aromatic carbocycles. The predicted molar refractivity (Wildman–Crippen MR) is 67.7 cm³/mol. The summed E-state index contributed by atoms with van der Waals surface area (Å²) >= 11 is 0. The molecule has 17 heavy (non-hydrogen) atoms. The van der Waals surface area contributed by atoms with E-state index in [9.17, 15) is 0 Å². The van der Waals surface area contributed by atoms with Gasteiger partial charge in [0.05, 0.1) is 0 Å². The fourth-order valence-electron chi connectivity index (χ4n) is 1.97. The maximum atomic E-state index is 5.81. The molecule has 2 aromatic rings. The van der Waals surface area contributed by atoms with Crippen LogP contribution in [0.1, 0.15) is 39.0 Å². The van der Waals surface area contributed by atoms with E-state index in [0.29, 0.717) is 18.1 Å². The van der Waals surface area contributed by atoms with Crippen LogP contribution >= 0.6 is 0 Å². The van der Waals surface area contributed by atoms with E-state index in [1.54, 1.807) is 6.20 Å². The third-order valence-corrected chi connectivity index (χ3v) is 2.67. The van der Waals surface area contributed by atoms with E-state index < -0.39 is 0 Å². The smallest absolute Gasteiger partial charge is 0.201 e. The first-order valence-electron chi connectivity index (χ1n) is 5.91. The van der Waals surface area contributed by atoms with E-state index in [4.69, 9.17) is 10.2 Å². The van der Waals surface area contributed by atoms with E-state index >= 15 is 0 Å². The van der Waals surface area contributed by atoms with Crippen molar-refractivity contribution in [3.8, 4) is 0 Å². The van der Waals surface area contributed by atoms with Gasteiger partial charge in [0.25, 0.3) is 0 Å². The van der Waals surface area contributed by atoms with Crippen molar-refractivity contribution in [3.05, 3.63) is 24.2 Å². The Morgan fingerprint density at radius 1 is 1.41 bits per heavy atom. The van der Waals surface area contributed by atoms with Crippen molar-refractivity contribution in [2.45, 2.75) is 33.1 Å². The second-order valence-corrected chi connectivity index (χ2v) is 5.57. The summed E-state index contributed by atoms with van der Waals surface area (Å²) in [5.74, 6) is 0.861. The molecule has 0 aliphatic carbocycles. The molecule has 0 aliphatic rings. The van der Waals surface area contributed by atoms with Gasteiger partial charge in [0.15, 0.2) is 11.2 Å². The highest BCUT2D eigenvalue weighted by molar-refractivity contribution is 5.66. The molecule has 1 unspecified atom stereocenters. The number of hydrogen-bond donors (Lipinski definition) is 1. The molecule has 0 radical (unpaired) electrons. The van der Waals surface area contributed by atoms with Gasteiger partial charge >= 0.3 is 0 Å². The molecule has 1 atom stereocenters. The summed E-state index contributed by atoms with van der Waals surface area (Å²) < 4.78 is 5.71. The first-order chi connectivity index (χ1) is 7.99. The van der Waals surface area contributed by atoms with Gasteiger partial charge in [-0.3, -0.25) is 0 Å². The molecule has 2 aromatic heterocycles. The number of nitrogens with zero attached hydrogens (tertiary/aromatic N) is 2. The first-order valence-corrected chi connectivity index (χ1v) is 5.91. The zero-order valence-electron chi connectivity index (χ0n) is 10.6. The maximum Gasteiger partial charge on any atom is 0.201 e. The summed E-state index contributed by atoms with van der Waals surface area (Å²) in [7, 11) is 0. The number of pyridine rings is 1. The maximum absolute atomic E-state index is 5.81. The molecule has 0 saturated heterocycles. The monoisotopic (exact) mass is 233 g/mol. The van der Waals surface area contributed by atoms with Crippen molar-refractivity contribution in [3.63, 3.8) is 0 Å². The Balaban J connectivity index is 2.30. The van der Waals surface area contributed by atoms with Gasteiger partial charge in [-0.1, -0.05) is 20.8 Å². The van der Waals surface area contributed by atoms with Crippen LogP contribution in [0, 0.1) is 5.41 Å². The van der Waals surface area contributed by atoms with Crippen LogP contribution in [-0.2, 0) is 0 Å². The Labute approximate surface area is 101 Å². The van der Waals surface area contributed by atoms with Crippen LogP contribution in [-0.4, -0.2) is 16.5 Å². The van der Waals surface area contributed by atoms with Crippen LogP contribution in [0.2, 0.25) is 0 Å². The average Bonchev–Trinajstić information content (AvgIpc) is 2.67. The van der Waals surface area contributed by atoms with E-state index in [1.807, 2.05) is 12.1 Å². The number of hydrogen-bond acceptors (Lipinski definition) is 4. The lowest BCUT2D eigenvalue weighted by molar-refractivity contribution is 0.314. The third-order valence-electron chi connectivity index (χ3n) is 2.67. The SMILES string of the molecule is CC(C)(C)CC(CN)c1nc2ncccc2o1. The zero-order valence-corrected chi connectivity index (χ0v) is 10.6. The second-order valence-electron chi connectivity index (χ2n) is 5.57. The van der Waals surface area contributed by atoms with Crippen LogP contribution in [0.4, 0.5) is 0 Å². The fraction of sp³-hybridized carbons (Fsp3) is 0.538. The number of nitrogens with two attached hydrogens (primary N) is 1. The number of rotatable bonds is 3. The largest absolute Gasteiger partial charge is 0.439 e. The number of aromatic nitrogens is 2. The summed E-state index contributed by atoms with van der Waals surface area (Å²) in [6.45, 7) is 7.12. The predicted octanol–water partition coefficient (Wildman–Crippen LogP) is 2.70. The van der Waals surface area contributed by atoms with Crippen molar-refractivity contribution in [2.75, 3.05) is 6.54 Å². The van der Waals surface area contributed by atoms with Gasteiger partial charge in [-0.05, 0) is 24.0 Å². The Bertz CT molecular complexity index is 466. The van der Waals surface area contributed by atoms with E-state index in [1.165, 1.54) is 0 Å². The van der Waals surface area contributed by atoms with Gasteiger partial charge in [0.2, 0.25) is 5.89 Å². The average molecular weight is 233 g/mol. The standard InChI is InChI=1S/C13H19N3O/c1-13(2,3)7-9(8-14)12-16-11-10(17-12)5-4-6-15-11/h4-6,9H,7-8,14H2,1-3H3. The van der Waals surface area contributed by atoms with Gasteiger partial charge in [-0.25, -0.2) is 4.98 Å². The van der Waals surface area contributed by atoms with Gasteiger partial charge in [-0.15, -0.1) is 0 Å². The molecule has 2 heterocycles. The van der Waals surface area contributed by atoms with E-state index in [2.05, 4.69) is 30.7 Å². The fourth-order valence-corrected chi connectivity index (χ4v) is 1.97. The quantitative estimate of drug-likeness (QED) is 0.885. The Hall–Kier alpha value is -1.42. The molecule has 0 spiro atoms. The lowest BCUT2D eigenvalue weighted by Crippen LogP contribution is -2.19. The van der Waals surface area contributed by atoms with E-state index in [-0.39, 0.29) is 11.3 Å². The number of fused-ring (bicyclic) bond motifs is 1. The minimum atomic E-state index is 0.157. The Morgan fingerprint density at radius 3 is 2.76 bits per heavy atom. The highest BCUT2D eigenvalue weighted by Gasteiger charge is 2.23. The molecule has 0 bridgehead atoms. The van der Waals surface area contributed by atoms with Crippen LogP contribution in [0.15, 0.2) is 22.7 Å². The van der Waals surface area contributed by atoms with Gasteiger partial charge in [0, 0.05) is 18.7 Å². The topological polar surface area (TPSA) is 64.9 Å². The molecule has 2 rings (SSSR count). The lowest BCUT2D eigenvalue weighted by Gasteiger charge is -2.22.